The van der Waals surface area contributed by atoms with E-state index >= 15 is 0 Å². The molecular weight excluding hydrogens is 206 g/mol. The van der Waals surface area contributed by atoms with Crippen LogP contribution < -0.4 is 10.6 Å². The van der Waals surface area contributed by atoms with E-state index in [0.717, 1.165) is 19.5 Å². The minimum Gasteiger partial charge on any atom is -0.390 e. The molecule has 0 bridgehead atoms. The molecule has 2 fully saturated rings. The Balaban J connectivity index is 1.76. The van der Waals surface area contributed by atoms with Crippen molar-refractivity contribution in [3.63, 3.8) is 0 Å². The second-order valence-corrected chi connectivity index (χ2v) is 4.55. The van der Waals surface area contributed by atoms with Gasteiger partial charge in [-0.1, -0.05) is 10.2 Å². The van der Waals surface area contributed by atoms with Crippen LogP contribution in [-0.2, 0) is 0 Å². The standard InChI is InChI=1S/C10H17N5O/c11-9-12-13-10(16-9)15-6-2-5-14-4-1-3-8(14)7-15/h8H,1-7H2,(H2,11,12). The van der Waals surface area contributed by atoms with Crippen molar-refractivity contribution in [3.05, 3.63) is 0 Å². The third-order valence-electron chi connectivity index (χ3n) is 3.50. The van der Waals surface area contributed by atoms with Crippen molar-refractivity contribution in [2.45, 2.75) is 25.3 Å². The van der Waals surface area contributed by atoms with Gasteiger partial charge in [-0.3, -0.25) is 4.90 Å². The molecule has 1 aromatic rings. The van der Waals surface area contributed by atoms with E-state index in [9.17, 15) is 0 Å². The van der Waals surface area contributed by atoms with Crippen molar-refractivity contribution < 1.29 is 4.42 Å². The Bertz CT molecular complexity index is 366. The summed E-state index contributed by atoms with van der Waals surface area (Å²) in [7, 11) is 0. The minimum absolute atomic E-state index is 0.155. The molecule has 0 radical (unpaired) electrons. The Kier molecular flexibility index (Phi) is 2.43. The van der Waals surface area contributed by atoms with Gasteiger partial charge in [-0.05, 0) is 25.8 Å². The number of hydrogen-bond acceptors (Lipinski definition) is 6. The maximum absolute atomic E-state index is 5.45. The Labute approximate surface area is 94.4 Å². The number of rotatable bonds is 1. The summed E-state index contributed by atoms with van der Waals surface area (Å²) in [4.78, 5) is 4.74. The fourth-order valence-corrected chi connectivity index (χ4v) is 2.73. The van der Waals surface area contributed by atoms with Crippen LogP contribution in [-0.4, -0.2) is 47.3 Å². The normalized spacial score (nSPS) is 26.8. The molecule has 16 heavy (non-hydrogen) atoms. The molecule has 0 aromatic carbocycles. The highest BCUT2D eigenvalue weighted by Crippen LogP contribution is 2.24. The van der Waals surface area contributed by atoms with Gasteiger partial charge in [-0.25, -0.2) is 0 Å². The van der Waals surface area contributed by atoms with Gasteiger partial charge in [0.1, 0.15) is 0 Å². The molecule has 2 N–H and O–H groups in total. The number of anilines is 2. The van der Waals surface area contributed by atoms with Crippen molar-refractivity contribution in [1.82, 2.24) is 15.1 Å². The van der Waals surface area contributed by atoms with E-state index in [1.807, 2.05) is 0 Å². The zero-order chi connectivity index (χ0) is 11.0. The lowest BCUT2D eigenvalue weighted by molar-refractivity contribution is 0.272. The van der Waals surface area contributed by atoms with E-state index in [2.05, 4.69) is 20.0 Å². The van der Waals surface area contributed by atoms with Gasteiger partial charge in [0, 0.05) is 25.7 Å². The monoisotopic (exact) mass is 223 g/mol. The quantitative estimate of drug-likeness (QED) is 0.739. The molecule has 1 unspecified atom stereocenters. The van der Waals surface area contributed by atoms with Crippen LogP contribution in [0.2, 0.25) is 0 Å². The molecule has 6 nitrogen and oxygen atoms in total. The van der Waals surface area contributed by atoms with Gasteiger partial charge in [0.25, 0.3) is 0 Å². The molecule has 88 valence electrons. The highest BCUT2D eigenvalue weighted by Gasteiger charge is 2.30. The third kappa shape index (κ3) is 1.73. The molecule has 0 spiro atoms. The number of nitrogens with two attached hydrogens (primary N) is 1. The highest BCUT2D eigenvalue weighted by molar-refractivity contribution is 5.28. The summed E-state index contributed by atoms with van der Waals surface area (Å²) in [6.45, 7) is 4.39. The average molecular weight is 223 g/mol. The predicted octanol–water partition coefficient (Wildman–Crippen LogP) is 0.326. The van der Waals surface area contributed by atoms with Crippen LogP contribution in [0.25, 0.3) is 0 Å². The largest absolute Gasteiger partial charge is 0.390 e. The molecule has 0 saturated carbocycles. The highest BCUT2D eigenvalue weighted by atomic mass is 16.4. The Morgan fingerprint density at radius 1 is 1.19 bits per heavy atom. The number of fused-ring (bicyclic) bond motifs is 1. The molecule has 6 heteroatoms. The van der Waals surface area contributed by atoms with E-state index < -0.39 is 0 Å². The van der Waals surface area contributed by atoms with Gasteiger partial charge in [-0.15, -0.1) is 0 Å². The summed E-state index contributed by atoms with van der Waals surface area (Å²) < 4.78 is 5.29. The van der Waals surface area contributed by atoms with Crippen LogP contribution in [0, 0.1) is 0 Å². The summed E-state index contributed by atoms with van der Waals surface area (Å²) in [5.41, 5.74) is 5.45. The lowest BCUT2D eigenvalue weighted by Crippen LogP contribution is -2.36. The topological polar surface area (TPSA) is 71.4 Å². The molecule has 2 aliphatic rings. The lowest BCUT2D eigenvalue weighted by Gasteiger charge is -2.23. The fraction of sp³-hybridized carbons (Fsp3) is 0.800. The number of hydrogen-bond donors (Lipinski definition) is 1. The first-order valence-corrected chi connectivity index (χ1v) is 5.91. The summed E-state index contributed by atoms with van der Waals surface area (Å²) in [5.74, 6) is 0. The third-order valence-corrected chi connectivity index (χ3v) is 3.50. The van der Waals surface area contributed by atoms with Gasteiger partial charge in [0.15, 0.2) is 0 Å². The number of nitrogen functional groups attached to an aromatic ring is 1. The SMILES string of the molecule is Nc1nnc(N2CCCN3CCCC3C2)o1. The van der Waals surface area contributed by atoms with Gasteiger partial charge in [0.05, 0.1) is 0 Å². The smallest absolute Gasteiger partial charge is 0.319 e. The first-order valence-electron chi connectivity index (χ1n) is 5.91. The molecule has 1 aromatic heterocycles. The van der Waals surface area contributed by atoms with E-state index in [-0.39, 0.29) is 6.01 Å². The van der Waals surface area contributed by atoms with E-state index in [0.29, 0.717) is 12.1 Å². The Morgan fingerprint density at radius 2 is 2.06 bits per heavy atom. The minimum atomic E-state index is 0.155. The van der Waals surface area contributed by atoms with Crippen molar-refractivity contribution >= 4 is 12.0 Å². The van der Waals surface area contributed by atoms with Gasteiger partial charge >= 0.3 is 12.0 Å². The van der Waals surface area contributed by atoms with Crippen molar-refractivity contribution in [2.75, 3.05) is 36.8 Å². The summed E-state index contributed by atoms with van der Waals surface area (Å²) >= 11 is 0. The molecule has 2 aliphatic heterocycles. The van der Waals surface area contributed by atoms with Gasteiger partial charge in [0.2, 0.25) is 0 Å². The molecule has 1 atom stereocenters. The van der Waals surface area contributed by atoms with Crippen LogP contribution >= 0.6 is 0 Å². The zero-order valence-electron chi connectivity index (χ0n) is 9.30. The second-order valence-electron chi connectivity index (χ2n) is 4.55. The van der Waals surface area contributed by atoms with E-state index in [1.54, 1.807) is 0 Å². The maximum Gasteiger partial charge on any atom is 0.319 e. The maximum atomic E-state index is 5.45. The molecule has 2 saturated heterocycles. The first kappa shape index (κ1) is 9.89. The summed E-state index contributed by atoms with van der Waals surface area (Å²) in [6, 6.07) is 1.38. The van der Waals surface area contributed by atoms with Crippen LogP contribution in [0.4, 0.5) is 12.0 Å². The second kappa shape index (κ2) is 3.93. The predicted molar refractivity (Wildman–Crippen MR) is 60.1 cm³/mol. The molecule has 0 amide bonds. The molecule has 3 rings (SSSR count). The Morgan fingerprint density at radius 3 is 2.88 bits per heavy atom. The zero-order valence-corrected chi connectivity index (χ0v) is 9.30. The lowest BCUT2D eigenvalue weighted by atomic mass is 10.2. The van der Waals surface area contributed by atoms with Crippen molar-refractivity contribution in [3.8, 4) is 0 Å². The molecule has 3 heterocycles. The number of nitrogens with zero attached hydrogens (tertiary/aromatic N) is 4. The van der Waals surface area contributed by atoms with Crippen molar-refractivity contribution in [1.29, 1.82) is 0 Å². The van der Waals surface area contributed by atoms with Crippen LogP contribution in [0.5, 0.6) is 0 Å². The van der Waals surface area contributed by atoms with Crippen LogP contribution in [0.15, 0.2) is 4.42 Å². The van der Waals surface area contributed by atoms with Crippen LogP contribution in [0.1, 0.15) is 19.3 Å². The van der Waals surface area contributed by atoms with Gasteiger partial charge < -0.3 is 15.1 Å². The Hall–Kier alpha value is -1.30. The van der Waals surface area contributed by atoms with Crippen LogP contribution in [0.3, 0.4) is 0 Å². The summed E-state index contributed by atoms with van der Waals surface area (Å²) in [6.07, 6.45) is 3.74. The fourth-order valence-electron chi connectivity index (χ4n) is 2.73. The average Bonchev–Trinajstić information content (AvgIpc) is 2.83. The van der Waals surface area contributed by atoms with Gasteiger partial charge in [-0.2, -0.15) is 0 Å². The van der Waals surface area contributed by atoms with Crippen molar-refractivity contribution in [2.24, 2.45) is 0 Å². The molecular formula is C10H17N5O. The molecule has 0 aliphatic carbocycles. The van der Waals surface area contributed by atoms with E-state index in [1.165, 1.54) is 25.9 Å². The first-order chi connectivity index (χ1) is 7.83. The van der Waals surface area contributed by atoms with E-state index in [4.69, 9.17) is 10.2 Å². The number of aromatic nitrogens is 2. The summed E-state index contributed by atoms with van der Waals surface area (Å²) in [5, 5.41) is 7.67.